The quantitative estimate of drug-likeness (QED) is 0.348. The lowest BCUT2D eigenvalue weighted by Crippen LogP contribution is -2.28. The maximum absolute atomic E-state index is 13.9. The van der Waals surface area contributed by atoms with Crippen molar-refractivity contribution in [1.82, 2.24) is 0 Å². The van der Waals surface area contributed by atoms with Gasteiger partial charge in [0.05, 0.1) is 5.92 Å². The van der Waals surface area contributed by atoms with Gasteiger partial charge >= 0.3 is 35.8 Å². The number of hydrogen-bond acceptors (Lipinski definition) is 14. The van der Waals surface area contributed by atoms with Crippen molar-refractivity contribution in [2.75, 3.05) is 6.61 Å². The van der Waals surface area contributed by atoms with E-state index in [4.69, 9.17) is 33.2 Å². The van der Waals surface area contributed by atoms with Gasteiger partial charge in [-0.15, -0.1) is 0 Å². The number of Topliss-reactive ketones (excluding diaryl/α,β-unsaturated/α-hetero) is 1. The van der Waals surface area contributed by atoms with Gasteiger partial charge in [-0.25, -0.2) is 0 Å². The van der Waals surface area contributed by atoms with Crippen molar-refractivity contribution in [3.05, 3.63) is 29.3 Å². The summed E-state index contributed by atoms with van der Waals surface area (Å²) in [6, 6.07) is 3.53. The normalized spacial score (nSPS) is 13.6. The SMILES string of the molecule is CC(=O)Oc1cc(C2COc3cc(OC(C)=O)c(OC(C)=O)c(OC(C)=O)c3C2=O)cc(OC(C)=O)c1OC(C)=O. The third-order valence-corrected chi connectivity index (χ3v) is 5.08. The molecule has 3 rings (SSSR count). The molecule has 1 heterocycles. The summed E-state index contributed by atoms with van der Waals surface area (Å²) >= 11 is 0. The van der Waals surface area contributed by atoms with E-state index in [0.717, 1.165) is 47.6 Å². The summed E-state index contributed by atoms with van der Waals surface area (Å²) in [6.07, 6.45) is 0. The summed E-state index contributed by atoms with van der Waals surface area (Å²) in [5, 5.41) is 0. The van der Waals surface area contributed by atoms with Crippen molar-refractivity contribution in [1.29, 1.82) is 0 Å². The van der Waals surface area contributed by atoms with Gasteiger partial charge in [-0.1, -0.05) is 0 Å². The molecule has 0 radical (unpaired) electrons. The fourth-order valence-corrected chi connectivity index (χ4v) is 3.83. The van der Waals surface area contributed by atoms with Gasteiger partial charge in [-0.3, -0.25) is 33.6 Å². The third-order valence-electron chi connectivity index (χ3n) is 5.08. The van der Waals surface area contributed by atoms with E-state index in [1.807, 2.05) is 0 Å². The number of rotatable bonds is 7. The van der Waals surface area contributed by atoms with Gasteiger partial charge in [-0.2, -0.15) is 0 Å². The molecule has 1 atom stereocenters. The largest absolute Gasteiger partial charge is 0.491 e. The van der Waals surface area contributed by atoms with Crippen LogP contribution in [0.15, 0.2) is 18.2 Å². The zero-order valence-corrected chi connectivity index (χ0v) is 22.7. The summed E-state index contributed by atoms with van der Waals surface area (Å²) in [7, 11) is 0. The van der Waals surface area contributed by atoms with Crippen LogP contribution in [0.5, 0.6) is 40.2 Å². The standard InChI is InChI=1S/C27H24O14/c1-11(28)36-20-7-17(8-21(37-12(2)29)25(20)39-14(4)31)18-10-35-19-9-22(38-13(3)30)26(40-15(5)32)27(41-16(6)33)23(19)24(18)34/h7-9,18H,10H2,1-6H3. The highest BCUT2D eigenvalue weighted by atomic mass is 16.6. The van der Waals surface area contributed by atoms with Crippen molar-refractivity contribution in [3.8, 4) is 40.2 Å². The van der Waals surface area contributed by atoms with E-state index in [2.05, 4.69) is 0 Å². The minimum absolute atomic E-state index is 0.0796. The van der Waals surface area contributed by atoms with E-state index in [1.165, 1.54) is 12.1 Å². The van der Waals surface area contributed by atoms with Crippen molar-refractivity contribution in [2.45, 2.75) is 47.5 Å². The van der Waals surface area contributed by atoms with E-state index >= 15 is 0 Å². The molecule has 2 aromatic carbocycles. The van der Waals surface area contributed by atoms with Crippen LogP contribution >= 0.6 is 0 Å². The van der Waals surface area contributed by atoms with E-state index in [9.17, 15) is 33.6 Å². The molecule has 0 aromatic heterocycles. The molecule has 0 N–H and O–H groups in total. The Labute approximate surface area is 232 Å². The summed E-state index contributed by atoms with van der Waals surface area (Å²) in [4.78, 5) is 84.7. The van der Waals surface area contributed by atoms with E-state index < -0.39 is 59.0 Å². The maximum atomic E-state index is 13.9. The van der Waals surface area contributed by atoms with Crippen LogP contribution < -0.4 is 33.2 Å². The zero-order valence-electron chi connectivity index (χ0n) is 22.7. The highest BCUT2D eigenvalue weighted by Gasteiger charge is 2.39. The molecule has 0 saturated carbocycles. The van der Waals surface area contributed by atoms with E-state index in [-0.39, 0.29) is 46.5 Å². The Balaban J connectivity index is 2.26. The van der Waals surface area contributed by atoms with E-state index in [1.54, 1.807) is 0 Å². The molecule has 1 aliphatic rings. The van der Waals surface area contributed by atoms with Crippen LogP contribution in [0.1, 0.15) is 63.4 Å². The molecule has 14 nitrogen and oxygen atoms in total. The van der Waals surface area contributed by atoms with Gasteiger partial charge in [0.25, 0.3) is 0 Å². The Kier molecular flexibility index (Phi) is 9.07. The van der Waals surface area contributed by atoms with Crippen LogP contribution in [-0.2, 0) is 28.8 Å². The Hall–Kier alpha value is -5.27. The lowest BCUT2D eigenvalue weighted by Gasteiger charge is -2.28. The third kappa shape index (κ3) is 7.23. The average molecular weight is 572 g/mol. The van der Waals surface area contributed by atoms with Crippen molar-refractivity contribution in [2.24, 2.45) is 0 Å². The molecule has 2 aromatic rings. The van der Waals surface area contributed by atoms with Gasteiger partial charge in [0, 0.05) is 47.6 Å². The van der Waals surface area contributed by atoms with Crippen LogP contribution in [0.3, 0.4) is 0 Å². The fourth-order valence-electron chi connectivity index (χ4n) is 3.83. The monoisotopic (exact) mass is 572 g/mol. The zero-order chi connectivity index (χ0) is 30.6. The Bertz CT molecular complexity index is 1450. The number of benzene rings is 2. The first-order valence-electron chi connectivity index (χ1n) is 11.8. The van der Waals surface area contributed by atoms with Gasteiger partial charge in [0.2, 0.25) is 11.5 Å². The minimum atomic E-state index is -1.21. The Morgan fingerprint density at radius 2 is 0.976 bits per heavy atom. The number of esters is 6. The van der Waals surface area contributed by atoms with Crippen molar-refractivity contribution < 1.29 is 66.7 Å². The highest BCUT2D eigenvalue weighted by Crippen LogP contribution is 2.50. The second-order valence-electron chi connectivity index (χ2n) is 8.54. The first-order valence-corrected chi connectivity index (χ1v) is 11.8. The summed E-state index contributed by atoms with van der Waals surface area (Å²) in [6.45, 7) is 6.01. The molecular formula is C27H24O14. The average Bonchev–Trinajstić information content (AvgIpc) is 2.81. The highest BCUT2D eigenvalue weighted by molar-refractivity contribution is 6.08. The molecule has 1 unspecified atom stereocenters. The van der Waals surface area contributed by atoms with Gasteiger partial charge in [-0.05, 0) is 17.7 Å². The molecule has 14 heteroatoms. The Morgan fingerprint density at radius 1 is 0.585 bits per heavy atom. The number of ketones is 1. The molecule has 0 saturated heterocycles. The van der Waals surface area contributed by atoms with Crippen LogP contribution in [0.4, 0.5) is 0 Å². The first-order chi connectivity index (χ1) is 19.2. The van der Waals surface area contributed by atoms with Gasteiger partial charge in [0.1, 0.15) is 17.9 Å². The second kappa shape index (κ2) is 12.3. The minimum Gasteiger partial charge on any atom is -0.491 e. The summed E-state index contributed by atoms with van der Waals surface area (Å²) < 4.78 is 36.7. The molecule has 1 aliphatic heterocycles. The fraction of sp³-hybridized carbons (Fsp3) is 0.296. The molecule has 0 bridgehead atoms. The number of fused-ring (bicyclic) bond motifs is 1. The molecular weight excluding hydrogens is 548 g/mol. The molecule has 216 valence electrons. The molecule has 0 spiro atoms. The first kappa shape index (κ1) is 30.3. The lowest BCUT2D eigenvalue weighted by molar-refractivity contribution is -0.135. The van der Waals surface area contributed by atoms with Crippen LogP contribution in [0.2, 0.25) is 0 Å². The predicted octanol–water partition coefficient (Wildman–Crippen LogP) is 2.60. The van der Waals surface area contributed by atoms with Crippen molar-refractivity contribution >= 4 is 41.6 Å². The number of carbonyl (C=O) groups is 7. The summed E-state index contributed by atoms with van der Waals surface area (Å²) in [5.74, 6) is -9.65. The number of hydrogen-bond donors (Lipinski definition) is 0. The number of carbonyl (C=O) groups excluding carboxylic acids is 7. The van der Waals surface area contributed by atoms with Gasteiger partial charge in [0.15, 0.2) is 28.8 Å². The van der Waals surface area contributed by atoms with Crippen molar-refractivity contribution in [3.63, 3.8) is 0 Å². The topological polar surface area (TPSA) is 184 Å². The lowest BCUT2D eigenvalue weighted by atomic mass is 9.87. The van der Waals surface area contributed by atoms with Crippen LogP contribution in [-0.4, -0.2) is 48.2 Å². The van der Waals surface area contributed by atoms with Crippen LogP contribution in [0, 0.1) is 0 Å². The van der Waals surface area contributed by atoms with Crippen LogP contribution in [0.25, 0.3) is 0 Å². The predicted molar refractivity (Wildman–Crippen MR) is 133 cm³/mol. The molecule has 41 heavy (non-hydrogen) atoms. The molecule has 0 fully saturated rings. The molecule has 0 amide bonds. The smallest absolute Gasteiger partial charge is 0.308 e. The van der Waals surface area contributed by atoms with E-state index in [0.29, 0.717) is 0 Å². The van der Waals surface area contributed by atoms with Gasteiger partial charge < -0.3 is 33.2 Å². The maximum Gasteiger partial charge on any atom is 0.308 e. The Morgan fingerprint density at radius 3 is 1.41 bits per heavy atom. The second-order valence-corrected chi connectivity index (χ2v) is 8.54. The summed E-state index contributed by atoms with van der Waals surface area (Å²) in [5.41, 5.74) is -0.258. The number of ether oxygens (including phenoxy) is 7. The molecule has 0 aliphatic carbocycles.